The van der Waals surface area contributed by atoms with Gasteiger partial charge in [0.15, 0.2) is 0 Å². The summed E-state index contributed by atoms with van der Waals surface area (Å²) in [6.45, 7) is -0.0151. The summed E-state index contributed by atoms with van der Waals surface area (Å²) in [7, 11) is 0. The monoisotopic (exact) mass is 327 g/mol. The summed E-state index contributed by atoms with van der Waals surface area (Å²) in [6, 6.07) is 13.5. The summed E-state index contributed by atoms with van der Waals surface area (Å²) in [5.41, 5.74) is 0.246. The quantitative estimate of drug-likeness (QED) is 0.833. The Bertz CT molecular complexity index is 643. The van der Waals surface area contributed by atoms with Crippen molar-refractivity contribution in [1.82, 2.24) is 5.32 Å². The molecule has 2 rings (SSSR count). The van der Waals surface area contributed by atoms with E-state index >= 15 is 0 Å². The highest BCUT2D eigenvalue weighted by molar-refractivity contribution is 6.30. The summed E-state index contributed by atoms with van der Waals surface area (Å²) in [4.78, 5) is 11.9. The highest BCUT2D eigenvalue weighted by atomic mass is 35.5. The molecule has 0 bridgehead atoms. The van der Waals surface area contributed by atoms with Crippen LogP contribution in [0.25, 0.3) is 0 Å². The number of halogens is 4. The smallest absolute Gasteiger partial charge is 0.350 e. The molecule has 0 spiro atoms. The molecule has 1 amide bonds. The Hall–Kier alpha value is -2.01. The van der Waals surface area contributed by atoms with E-state index in [0.29, 0.717) is 11.1 Å². The van der Waals surface area contributed by atoms with Gasteiger partial charge in [-0.25, -0.2) is 0 Å². The van der Waals surface area contributed by atoms with Gasteiger partial charge in [-0.05, 0) is 23.3 Å². The van der Waals surface area contributed by atoms with Crippen LogP contribution in [0.1, 0.15) is 22.1 Å². The number of alkyl halides is 4. The predicted molar refractivity (Wildman–Crippen MR) is 78.3 cm³/mol. The van der Waals surface area contributed by atoms with Crippen molar-refractivity contribution in [2.45, 2.75) is 18.1 Å². The topological polar surface area (TPSA) is 29.1 Å². The minimum Gasteiger partial charge on any atom is -0.350 e. The van der Waals surface area contributed by atoms with Gasteiger partial charge >= 0.3 is 6.18 Å². The second-order valence-electron chi connectivity index (χ2n) is 4.69. The van der Waals surface area contributed by atoms with Gasteiger partial charge in [-0.2, -0.15) is 13.2 Å². The van der Waals surface area contributed by atoms with Crippen molar-refractivity contribution in [3.63, 3.8) is 0 Å². The van der Waals surface area contributed by atoms with Gasteiger partial charge in [0.1, 0.15) is 5.38 Å². The molecule has 1 atom stereocenters. The molecule has 0 unspecified atom stereocenters. The maximum absolute atomic E-state index is 12.6. The van der Waals surface area contributed by atoms with E-state index in [4.69, 9.17) is 11.6 Å². The van der Waals surface area contributed by atoms with E-state index < -0.39 is 23.0 Å². The zero-order chi connectivity index (χ0) is 16.2. The third-order valence-corrected chi connectivity index (χ3v) is 3.49. The van der Waals surface area contributed by atoms with Gasteiger partial charge in [-0.1, -0.05) is 42.5 Å². The summed E-state index contributed by atoms with van der Waals surface area (Å²) >= 11 is 6.03. The SMILES string of the molecule is O=C(NCc1cccc(C(F)(F)F)c1)[C@@H](Cl)c1ccccc1. The van der Waals surface area contributed by atoms with E-state index in [1.54, 1.807) is 30.3 Å². The average molecular weight is 328 g/mol. The minimum atomic E-state index is -4.40. The zero-order valence-electron chi connectivity index (χ0n) is 11.4. The van der Waals surface area contributed by atoms with Gasteiger partial charge in [0.05, 0.1) is 5.56 Å². The van der Waals surface area contributed by atoms with E-state index in [1.165, 1.54) is 12.1 Å². The number of carbonyl (C=O) groups excluding carboxylic acids is 1. The predicted octanol–water partition coefficient (Wildman–Crippen LogP) is 4.30. The Morgan fingerprint density at radius 2 is 1.77 bits per heavy atom. The minimum absolute atomic E-state index is 0.0151. The first-order valence-electron chi connectivity index (χ1n) is 6.51. The molecule has 1 N–H and O–H groups in total. The molecule has 0 aliphatic carbocycles. The summed E-state index contributed by atoms with van der Waals surface area (Å²) in [6.07, 6.45) is -4.40. The standard InChI is InChI=1S/C16H13ClF3NO/c17-14(12-6-2-1-3-7-12)15(22)21-10-11-5-4-8-13(9-11)16(18,19)20/h1-9,14H,10H2,(H,21,22)/t14-/m0/s1. The molecule has 22 heavy (non-hydrogen) atoms. The van der Waals surface area contributed by atoms with Crippen LogP contribution < -0.4 is 5.32 Å². The van der Waals surface area contributed by atoms with Crippen molar-refractivity contribution in [3.05, 3.63) is 71.3 Å². The second kappa shape index (κ2) is 6.83. The number of hydrogen-bond acceptors (Lipinski definition) is 1. The normalized spacial score (nSPS) is 12.7. The average Bonchev–Trinajstić information content (AvgIpc) is 2.52. The first-order valence-corrected chi connectivity index (χ1v) is 6.94. The summed E-state index contributed by atoms with van der Waals surface area (Å²) in [5.74, 6) is -0.453. The lowest BCUT2D eigenvalue weighted by Gasteiger charge is -2.12. The maximum atomic E-state index is 12.6. The van der Waals surface area contributed by atoms with Crippen LogP contribution in [0.15, 0.2) is 54.6 Å². The lowest BCUT2D eigenvalue weighted by molar-refractivity contribution is -0.137. The zero-order valence-corrected chi connectivity index (χ0v) is 12.2. The number of amides is 1. The van der Waals surface area contributed by atoms with Crippen LogP contribution in [-0.4, -0.2) is 5.91 Å². The first-order chi connectivity index (χ1) is 10.4. The van der Waals surface area contributed by atoms with Gasteiger partial charge in [0, 0.05) is 6.54 Å². The van der Waals surface area contributed by atoms with Crippen LogP contribution in [-0.2, 0) is 17.5 Å². The van der Waals surface area contributed by atoms with Crippen molar-refractivity contribution in [2.24, 2.45) is 0 Å². The molecular weight excluding hydrogens is 315 g/mol. The number of nitrogens with one attached hydrogen (secondary N) is 1. The fourth-order valence-corrected chi connectivity index (χ4v) is 2.13. The van der Waals surface area contributed by atoms with Crippen molar-refractivity contribution >= 4 is 17.5 Å². The van der Waals surface area contributed by atoms with E-state index in [1.807, 2.05) is 0 Å². The van der Waals surface area contributed by atoms with E-state index in [0.717, 1.165) is 12.1 Å². The fourth-order valence-electron chi connectivity index (χ4n) is 1.91. The summed E-state index contributed by atoms with van der Waals surface area (Å²) in [5, 5.41) is 1.66. The lowest BCUT2D eigenvalue weighted by atomic mass is 10.1. The van der Waals surface area contributed by atoms with Gasteiger partial charge in [0.2, 0.25) is 5.91 Å². The number of benzene rings is 2. The Morgan fingerprint density at radius 1 is 1.09 bits per heavy atom. The molecule has 2 nitrogen and oxygen atoms in total. The number of rotatable bonds is 4. The number of hydrogen-bond donors (Lipinski definition) is 1. The van der Waals surface area contributed by atoms with Crippen LogP contribution in [0.5, 0.6) is 0 Å². The Morgan fingerprint density at radius 3 is 2.41 bits per heavy atom. The largest absolute Gasteiger partial charge is 0.416 e. The second-order valence-corrected chi connectivity index (χ2v) is 5.13. The molecule has 0 fully saturated rings. The van der Waals surface area contributed by atoms with Crippen molar-refractivity contribution < 1.29 is 18.0 Å². The fraction of sp³-hybridized carbons (Fsp3) is 0.188. The Labute approximate surface area is 130 Å². The van der Waals surface area contributed by atoms with Gasteiger partial charge in [-0.15, -0.1) is 11.6 Å². The van der Waals surface area contributed by atoms with Crippen molar-refractivity contribution in [1.29, 1.82) is 0 Å². The van der Waals surface area contributed by atoms with Crippen LogP contribution >= 0.6 is 11.6 Å². The molecule has 0 heterocycles. The third kappa shape index (κ3) is 4.24. The van der Waals surface area contributed by atoms with Crippen molar-refractivity contribution in [3.8, 4) is 0 Å². The highest BCUT2D eigenvalue weighted by Gasteiger charge is 2.30. The maximum Gasteiger partial charge on any atom is 0.416 e. The molecule has 6 heteroatoms. The molecule has 2 aromatic rings. The molecule has 0 saturated heterocycles. The van der Waals surface area contributed by atoms with Gasteiger partial charge in [0.25, 0.3) is 0 Å². The molecule has 116 valence electrons. The number of carbonyl (C=O) groups is 1. The summed E-state index contributed by atoms with van der Waals surface area (Å²) < 4.78 is 37.8. The molecule has 0 aromatic heterocycles. The molecule has 0 aliphatic heterocycles. The van der Waals surface area contributed by atoms with Gasteiger partial charge < -0.3 is 5.32 Å². The first kappa shape index (κ1) is 16.4. The van der Waals surface area contributed by atoms with Crippen LogP contribution in [0.4, 0.5) is 13.2 Å². The molecule has 0 saturated carbocycles. The van der Waals surface area contributed by atoms with E-state index in [2.05, 4.69) is 5.32 Å². The van der Waals surface area contributed by atoms with Gasteiger partial charge in [-0.3, -0.25) is 4.79 Å². The van der Waals surface area contributed by atoms with Crippen LogP contribution in [0.3, 0.4) is 0 Å². The molecule has 0 radical (unpaired) electrons. The molecule has 2 aromatic carbocycles. The molecular formula is C16H13ClF3NO. The lowest BCUT2D eigenvalue weighted by Crippen LogP contribution is -2.26. The Balaban J connectivity index is 2.00. The third-order valence-electron chi connectivity index (χ3n) is 3.04. The van der Waals surface area contributed by atoms with E-state index in [-0.39, 0.29) is 6.54 Å². The van der Waals surface area contributed by atoms with E-state index in [9.17, 15) is 18.0 Å². The Kier molecular flexibility index (Phi) is 5.08. The highest BCUT2D eigenvalue weighted by Crippen LogP contribution is 2.29. The van der Waals surface area contributed by atoms with Crippen molar-refractivity contribution in [2.75, 3.05) is 0 Å². The molecule has 0 aliphatic rings. The van der Waals surface area contributed by atoms with Crippen LogP contribution in [0, 0.1) is 0 Å². The van der Waals surface area contributed by atoms with Crippen LogP contribution in [0.2, 0.25) is 0 Å².